The van der Waals surface area contributed by atoms with Crippen molar-refractivity contribution in [3.05, 3.63) is 0 Å². The molecule has 2 N–H and O–H groups in total. The monoisotopic (exact) mass is 452 g/mol. The molecule has 0 amide bonds. The Bertz CT molecular complexity index is 957. The lowest BCUT2D eigenvalue weighted by Gasteiger charge is -2.48. The molecule has 2 unspecified atom stereocenters. The molecule has 0 aromatic carbocycles. The van der Waals surface area contributed by atoms with Crippen molar-refractivity contribution in [1.29, 1.82) is 0 Å². The Morgan fingerprint density at radius 2 is 1.81 bits per heavy atom. The van der Waals surface area contributed by atoms with Crippen LogP contribution in [0.2, 0.25) is 0 Å². The lowest BCUT2D eigenvalue weighted by Crippen LogP contribution is -2.67. The van der Waals surface area contributed by atoms with Gasteiger partial charge in [-0.2, -0.15) is 0 Å². The summed E-state index contributed by atoms with van der Waals surface area (Å²) in [5.74, 6) is -3.76. The Kier molecular flexibility index (Phi) is 3.57. The summed E-state index contributed by atoms with van der Waals surface area (Å²) in [6, 6.07) is 0. The van der Waals surface area contributed by atoms with Gasteiger partial charge in [-0.15, -0.1) is 0 Å². The van der Waals surface area contributed by atoms with Crippen LogP contribution in [0.5, 0.6) is 0 Å². The summed E-state index contributed by atoms with van der Waals surface area (Å²) in [5.41, 5.74) is -7.70. The third-order valence-electron chi connectivity index (χ3n) is 9.30. The maximum absolute atomic E-state index is 13.6. The van der Waals surface area contributed by atoms with Crippen LogP contribution in [0.3, 0.4) is 0 Å². The van der Waals surface area contributed by atoms with E-state index in [1.54, 1.807) is 6.92 Å². The smallest absolute Gasteiger partial charge is 0.343 e. The zero-order valence-corrected chi connectivity index (χ0v) is 18.6. The number of fused-ring (bicyclic) bond motifs is 1. The van der Waals surface area contributed by atoms with Crippen molar-refractivity contribution in [2.24, 2.45) is 28.1 Å². The van der Waals surface area contributed by atoms with Gasteiger partial charge in [-0.05, 0) is 31.6 Å². The molecule has 2 spiro atoms. The number of aliphatic hydroxyl groups is 2. The largest absolute Gasteiger partial charge is 0.459 e. The van der Waals surface area contributed by atoms with E-state index in [9.17, 15) is 24.6 Å². The van der Waals surface area contributed by atoms with Crippen LogP contribution in [0.25, 0.3) is 0 Å². The van der Waals surface area contributed by atoms with Crippen molar-refractivity contribution < 1.29 is 48.3 Å². The average molecular weight is 452 g/mol. The fourth-order valence-electron chi connectivity index (χ4n) is 8.46. The summed E-state index contributed by atoms with van der Waals surface area (Å²) in [4.78, 5) is 39.1. The van der Waals surface area contributed by atoms with E-state index in [1.807, 2.05) is 20.8 Å². The quantitative estimate of drug-likeness (QED) is 0.423. The van der Waals surface area contributed by atoms with Gasteiger partial charge in [0.2, 0.25) is 11.9 Å². The molecule has 6 aliphatic rings. The molecule has 0 bridgehead atoms. The summed E-state index contributed by atoms with van der Waals surface area (Å²) in [6.07, 6.45) is -5.90. The number of hydrogen-bond acceptors (Lipinski definition) is 10. The molecular formula is C22H28O10. The first-order valence-corrected chi connectivity index (χ1v) is 11.2. The minimum Gasteiger partial charge on any atom is -0.459 e. The third kappa shape index (κ3) is 1.58. The highest BCUT2D eigenvalue weighted by atomic mass is 16.8. The fourth-order valence-corrected chi connectivity index (χ4v) is 8.46. The Hall–Kier alpha value is -1.75. The highest BCUT2D eigenvalue weighted by Gasteiger charge is 3.04. The molecule has 2 saturated carbocycles. The van der Waals surface area contributed by atoms with Gasteiger partial charge in [-0.3, -0.25) is 4.79 Å². The Morgan fingerprint density at radius 1 is 1.12 bits per heavy atom. The highest BCUT2D eigenvalue weighted by Crippen LogP contribution is 2.84. The number of ether oxygens (including phenoxy) is 5. The molecule has 0 radical (unpaired) electrons. The van der Waals surface area contributed by atoms with Gasteiger partial charge in [0, 0.05) is 6.61 Å². The van der Waals surface area contributed by atoms with E-state index in [1.165, 1.54) is 6.92 Å². The van der Waals surface area contributed by atoms with Gasteiger partial charge in [0.25, 0.3) is 0 Å². The van der Waals surface area contributed by atoms with Gasteiger partial charge in [0.05, 0.1) is 16.7 Å². The van der Waals surface area contributed by atoms with Gasteiger partial charge in [0.15, 0.2) is 17.8 Å². The molecule has 0 aromatic rings. The number of hydrogen-bond donors (Lipinski definition) is 2. The zero-order chi connectivity index (χ0) is 23.2. The van der Waals surface area contributed by atoms with Crippen LogP contribution in [0, 0.1) is 28.1 Å². The van der Waals surface area contributed by atoms with E-state index in [0.717, 1.165) is 0 Å². The molecule has 10 nitrogen and oxygen atoms in total. The molecule has 2 aliphatic carbocycles. The van der Waals surface area contributed by atoms with Gasteiger partial charge in [-0.25, -0.2) is 9.59 Å². The van der Waals surface area contributed by atoms with E-state index in [2.05, 4.69) is 0 Å². The van der Waals surface area contributed by atoms with Crippen molar-refractivity contribution in [1.82, 2.24) is 0 Å². The van der Waals surface area contributed by atoms with Gasteiger partial charge in [0.1, 0.15) is 12.2 Å². The summed E-state index contributed by atoms with van der Waals surface area (Å²) < 4.78 is 29.2. The van der Waals surface area contributed by atoms with E-state index in [-0.39, 0.29) is 12.5 Å². The molecule has 6 fully saturated rings. The maximum atomic E-state index is 13.6. The first kappa shape index (κ1) is 20.8. The first-order valence-electron chi connectivity index (χ1n) is 11.2. The third-order valence-corrected chi connectivity index (χ3v) is 9.30. The summed E-state index contributed by atoms with van der Waals surface area (Å²) >= 11 is 0. The molecule has 4 saturated heterocycles. The van der Waals surface area contributed by atoms with Crippen molar-refractivity contribution in [2.45, 2.75) is 82.9 Å². The van der Waals surface area contributed by atoms with Crippen molar-refractivity contribution in [3.8, 4) is 0 Å². The maximum Gasteiger partial charge on any atom is 0.343 e. The van der Waals surface area contributed by atoms with Crippen LogP contribution in [-0.2, 0) is 38.1 Å². The minimum absolute atomic E-state index is 0.183. The fraction of sp³-hybridized carbons (Fsp3) is 0.864. The second kappa shape index (κ2) is 5.48. The van der Waals surface area contributed by atoms with Crippen LogP contribution < -0.4 is 0 Å². The SMILES string of the molecule is CCO[C@H]1C(=O)O[C@H]2O[C@]34C(=O)OC5C[C@@H](C(C)(C)C)C21[C@@]53[C@@H](O)[C@@H]1OC(=O)[C@@H](C)[C@@]14O. The zero-order valence-electron chi connectivity index (χ0n) is 18.6. The molecular weight excluding hydrogens is 424 g/mol. The molecule has 0 aromatic heterocycles. The van der Waals surface area contributed by atoms with E-state index >= 15 is 0 Å². The van der Waals surface area contributed by atoms with Gasteiger partial charge in [-0.1, -0.05) is 20.8 Å². The standard InChI is InChI=1S/C22H28O10/c1-6-28-13-15(25)31-17-19(13)9(18(3,4)5)7-10-20(19)11(23)12-21(27,8(2)14(24)30-12)22(20,32-17)16(26)29-10/h8-13,17,23,27H,6-7H2,1-5H3/t8-,9+,10?,11+,12+,13+,17+,19?,20+,21-,22-/m1/s1. The van der Waals surface area contributed by atoms with Gasteiger partial charge >= 0.3 is 17.9 Å². The lowest BCUT2D eigenvalue weighted by molar-refractivity contribution is -0.240. The number of carbonyl (C=O) groups excluding carboxylic acids is 3. The molecule has 32 heavy (non-hydrogen) atoms. The van der Waals surface area contributed by atoms with E-state index < -0.39 is 82.0 Å². The lowest BCUT2D eigenvalue weighted by atomic mass is 9.51. The second-order valence-electron chi connectivity index (χ2n) is 11.1. The first-order chi connectivity index (χ1) is 14.9. The van der Waals surface area contributed by atoms with Crippen molar-refractivity contribution >= 4 is 17.9 Å². The summed E-state index contributed by atoms with van der Waals surface area (Å²) in [5, 5.41) is 23.9. The average Bonchev–Trinajstić information content (AvgIpc) is 3.41. The van der Waals surface area contributed by atoms with Crippen molar-refractivity contribution in [2.75, 3.05) is 6.61 Å². The summed E-state index contributed by atoms with van der Waals surface area (Å²) in [6.45, 7) is 9.35. The molecule has 10 heteroatoms. The van der Waals surface area contributed by atoms with Crippen molar-refractivity contribution in [3.63, 3.8) is 0 Å². The predicted molar refractivity (Wildman–Crippen MR) is 101 cm³/mol. The number of rotatable bonds is 2. The van der Waals surface area contributed by atoms with Crippen LogP contribution in [0.1, 0.15) is 41.0 Å². The summed E-state index contributed by atoms with van der Waals surface area (Å²) in [7, 11) is 0. The van der Waals surface area contributed by atoms with Crippen LogP contribution in [0.15, 0.2) is 0 Å². The predicted octanol–water partition coefficient (Wildman–Crippen LogP) is -0.325. The van der Waals surface area contributed by atoms with E-state index in [4.69, 9.17) is 23.7 Å². The second-order valence-corrected chi connectivity index (χ2v) is 11.1. The minimum atomic E-state index is -2.19. The Morgan fingerprint density at radius 3 is 2.44 bits per heavy atom. The Labute approximate surface area is 184 Å². The number of aliphatic hydroxyl groups excluding tert-OH is 1. The van der Waals surface area contributed by atoms with Crippen LogP contribution in [-0.4, -0.2) is 76.6 Å². The number of carbonyl (C=O) groups is 3. The molecule has 4 heterocycles. The Balaban J connectivity index is 1.71. The molecule has 4 aliphatic heterocycles. The van der Waals surface area contributed by atoms with Crippen LogP contribution in [0.4, 0.5) is 0 Å². The normalized spacial score (nSPS) is 57.1. The van der Waals surface area contributed by atoms with Crippen LogP contribution >= 0.6 is 0 Å². The topological polar surface area (TPSA) is 138 Å². The molecule has 11 atom stereocenters. The number of esters is 3. The van der Waals surface area contributed by atoms with Gasteiger partial charge < -0.3 is 33.9 Å². The highest BCUT2D eigenvalue weighted by molar-refractivity contribution is 5.94. The van der Waals surface area contributed by atoms with E-state index in [0.29, 0.717) is 6.42 Å². The molecule has 176 valence electrons. The molecule has 6 rings (SSSR count).